The molecule has 1 saturated carbocycles. The van der Waals surface area contributed by atoms with Crippen molar-refractivity contribution in [2.75, 3.05) is 26.5 Å². The first-order valence-electron chi connectivity index (χ1n) is 10.6. The Labute approximate surface area is 186 Å². The summed E-state index contributed by atoms with van der Waals surface area (Å²) < 4.78 is 7.51. The van der Waals surface area contributed by atoms with Gasteiger partial charge in [-0.25, -0.2) is 0 Å². The standard InChI is InChI=1S/C23H28N4O3S/c1-14-18-13-20(31-23(18)27(25-14)16-8-6-5-7-9-16)21(28)24-15-10-11-17(19(12-15)30-4)22(29)26(2)3/h10-13,16H,5-9H2,1-4H3,(H,24,28). The van der Waals surface area contributed by atoms with Crippen molar-refractivity contribution in [3.63, 3.8) is 0 Å². The lowest BCUT2D eigenvalue weighted by Gasteiger charge is -2.22. The van der Waals surface area contributed by atoms with Gasteiger partial charge in [0.05, 0.1) is 29.3 Å². The average Bonchev–Trinajstić information content (AvgIpc) is 3.34. The SMILES string of the molecule is COc1cc(NC(=O)c2cc3c(C)nn(C4CCCCC4)c3s2)ccc1C(=O)N(C)C. The van der Waals surface area contributed by atoms with Crippen LogP contribution in [0.4, 0.5) is 5.69 Å². The number of carbonyl (C=O) groups excluding carboxylic acids is 2. The topological polar surface area (TPSA) is 76.5 Å². The summed E-state index contributed by atoms with van der Waals surface area (Å²) in [5.41, 5.74) is 2.00. The van der Waals surface area contributed by atoms with Crippen molar-refractivity contribution in [2.45, 2.75) is 45.1 Å². The number of hydrogen-bond acceptors (Lipinski definition) is 5. The van der Waals surface area contributed by atoms with Crippen LogP contribution in [0.5, 0.6) is 5.75 Å². The number of amides is 2. The molecule has 0 unspecified atom stereocenters. The second-order valence-corrected chi connectivity index (χ2v) is 9.25. The van der Waals surface area contributed by atoms with E-state index in [-0.39, 0.29) is 11.8 Å². The van der Waals surface area contributed by atoms with Crippen molar-refractivity contribution in [3.8, 4) is 5.75 Å². The molecule has 2 amide bonds. The summed E-state index contributed by atoms with van der Waals surface area (Å²) in [6.45, 7) is 2.00. The highest BCUT2D eigenvalue weighted by Crippen LogP contribution is 2.36. The highest BCUT2D eigenvalue weighted by molar-refractivity contribution is 7.20. The summed E-state index contributed by atoms with van der Waals surface area (Å²) in [6.07, 6.45) is 6.05. The number of ether oxygens (including phenoxy) is 1. The van der Waals surface area contributed by atoms with E-state index in [2.05, 4.69) is 10.00 Å². The van der Waals surface area contributed by atoms with Gasteiger partial charge in [0, 0.05) is 31.2 Å². The largest absolute Gasteiger partial charge is 0.496 e. The summed E-state index contributed by atoms with van der Waals surface area (Å²) in [5.74, 6) is 0.100. The van der Waals surface area contributed by atoms with Crippen LogP contribution in [0.1, 0.15) is 63.9 Å². The number of benzene rings is 1. The molecule has 1 aromatic carbocycles. The number of aromatic nitrogens is 2. The number of methoxy groups -OCH3 is 1. The highest BCUT2D eigenvalue weighted by Gasteiger charge is 2.23. The molecule has 0 atom stereocenters. The maximum Gasteiger partial charge on any atom is 0.265 e. The first-order chi connectivity index (χ1) is 14.9. The number of fused-ring (bicyclic) bond motifs is 1. The Kier molecular flexibility index (Phi) is 6.00. The summed E-state index contributed by atoms with van der Waals surface area (Å²) >= 11 is 1.48. The number of anilines is 1. The van der Waals surface area contributed by atoms with Gasteiger partial charge < -0.3 is 15.0 Å². The number of nitrogens with zero attached hydrogens (tertiary/aromatic N) is 3. The lowest BCUT2D eigenvalue weighted by atomic mass is 9.96. The van der Waals surface area contributed by atoms with Crippen molar-refractivity contribution in [1.82, 2.24) is 14.7 Å². The van der Waals surface area contributed by atoms with Gasteiger partial charge in [0.1, 0.15) is 10.6 Å². The van der Waals surface area contributed by atoms with E-state index < -0.39 is 0 Å². The summed E-state index contributed by atoms with van der Waals surface area (Å²) in [6, 6.07) is 7.42. The van der Waals surface area contributed by atoms with Crippen LogP contribution in [0.2, 0.25) is 0 Å². The van der Waals surface area contributed by atoms with Crippen molar-refractivity contribution in [3.05, 3.63) is 40.4 Å². The van der Waals surface area contributed by atoms with E-state index in [1.54, 1.807) is 32.3 Å². The van der Waals surface area contributed by atoms with Gasteiger partial charge in [0.25, 0.3) is 11.8 Å². The molecule has 8 heteroatoms. The molecule has 3 aromatic rings. The molecule has 0 saturated heterocycles. The first kappa shape index (κ1) is 21.4. The minimum absolute atomic E-state index is 0.151. The third kappa shape index (κ3) is 4.17. The van der Waals surface area contributed by atoms with E-state index in [0.29, 0.717) is 27.9 Å². The van der Waals surface area contributed by atoms with E-state index in [1.807, 2.05) is 13.0 Å². The fourth-order valence-corrected chi connectivity index (χ4v) is 5.26. The van der Waals surface area contributed by atoms with E-state index in [9.17, 15) is 9.59 Å². The van der Waals surface area contributed by atoms with Gasteiger partial charge in [0.2, 0.25) is 0 Å². The molecule has 4 rings (SSSR count). The Bertz CT molecular complexity index is 1130. The Morgan fingerprint density at radius 2 is 1.94 bits per heavy atom. The number of aryl methyl sites for hydroxylation is 1. The van der Waals surface area contributed by atoms with Crippen LogP contribution in [0.15, 0.2) is 24.3 Å². The maximum absolute atomic E-state index is 13.0. The lowest BCUT2D eigenvalue weighted by Crippen LogP contribution is -2.22. The third-order valence-electron chi connectivity index (χ3n) is 5.81. The van der Waals surface area contributed by atoms with Gasteiger partial charge in [-0.1, -0.05) is 19.3 Å². The first-order valence-corrected chi connectivity index (χ1v) is 11.4. The van der Waals surface area contributed by atoms with E-state index in [1.165, 1.54) is 42.6 Å². The van der Waals surface area contributed by atoms with Crippen LogP contribution < -0.4 is 10.1 Å². The molecule has 1 aliphatic rings. The van der Waals surface area contributed by atoms with Gasteiger partial charge in [-0.05, 0) is 38.0 Å². The Morgan fingerprint density at radius 1 is 1.19 bits per heavy atom. The molecule has 0 bridgehead atoms. The van der Waals surface area contributed by atoms with Crippen LogP contribution in [-0.2, 0) is 0 Å². The molecule has 31 heavy (non-hydrogen) atoms. The van der Waals surface area contributed by atoms with Gasteiger partial charge in [0.15, 0.2) is 0 Å². The van der Waals surface area contributed by atoms with Crippen LogP contribution >= 0.6 is 11.3 Å². The smallest absolute Gasteiger partial charge is 0.265 e. The molecular weight excluding hydrogens is 412 g/mol. The second kappa shape index (κ2) is 8.70. The van der Waals surface area contributed by atoms with Crippen molar-refractivity contribution in [1.29, 1.82) is 0 Å². The zero-order valence-electron chi connectivity index (χ0n) is 18.4. The van der Waals surface area contributed by atoms with Crippen LogP contribution in [0.3, 0.4) is 0 Å². The predicted molar refractivity (Wildman–Crippen MR) is 123 cm³/mol. The van der Waals surface area contributed by atoms with Gasteiger partial charge in [-0.3, -0.25) is 14.3 Å². The van der Waals surface area contributed by atoms with Crippen molar-refractivity contribution in [2.24, 2.45) is 0 Å². The summed E-state index contributed by atoms with van der Waals surface area (Å²) in [5, 5.41) is 8.74. The maximum atomic E-state index is 13.0. The predicted octanol–water partition coefficient (Wildman–Crippen LogP) is 4.87. The summed E-state index contributed by atoms with van der Waals surface area (Å²) in [7, 11) is 4.89. The monoisotopic (exact) mass is 440 g/mol. The number of nitrogens with one attached hydrogen (secondary N) is 1. The molecule has 7 nitrogen and oxygen atoms in total. The van der Waals surface area contributed by atoms with Crippen LogP contribution in [-0.4, -0.2) is 47.7 Å². The fraction of sp³-hybridized carbons (Fsp3) is 0.435. The molecule has 164 valence electrons. The van der Waals surface area contributed by atoms with Crippen LogP contribution in [0, 0.1) is 6.92 Å². The molecule has 0 radical (unpaired) electrons. The molecule has 1 N–H and O–H groups in total. The minimum atomic E-state index is -0.176. The van der Waals surface area contributed by atoms with Gasteiger partial charge in [-0.2, -0.15) is 5.10 Å². The van der Waals surface area contributed by atoms with Gasteiger partial charge >= 0.3 is 0 Å². The number of thiophene rings is 1. The van der Waals surface area contributed by atoms with Crippen LogP contribution in [0.25, 0.3) is 10.2 Å². The Balaban J connectivity index is 1.58. The van der Waals surface area contributed by atoms with E-state index in [0.717, 1.165) is 28.8 Å². The molecule has 1 aliphatic carbocycles. The molecular formula is C23H28N4O3S. The third-order valence-corrected chi connectivity index (χ3v) is 6.93. The molecule has 0 spiro atoms. The lowest BCUT2D eigenvalue weighted by molar-refractivity contribution is 0.0824. The quantitative estimate of drug-likeness (QED) is 0.614. The van der Waals surface area contributed by atoms with E-state index >= 15 is 0 Å². The minimum Gasteiger partial charge on any atom is -0.496 e. The zero-order chi connectivity index (χ0) is 22.1. The Morgan fingerprint density at radius 3 is 2.61 bits per heavy atom. The van der Waals surface area contributed by atoms with Gasteiger partial charge in [-0.15, -0.1) is 11.3 Å². The number of carbonyl (C=O) groups is 2. The number of rotatable bonds is 5. The number of hydrogen-bond donors (Lipinski definition) is 1. The van der Waals surface area contributed by atoms with E-state index in [4.69, 9.17) is 9.84 Å². The average molecular weight is 441 g/mol. The Hall–Kier alpha value is -2.87. The fourth-order valence-electron chi connectivity index (χ4n) is 4.14. The molecule has 2 heterocycles. The second-order valence-electron chi connectivity index (χ2n) is 8.22. The molecule has 1 fully saturated rings. The summed E-state index contributed by atoms with van der Waals surface area (Å²) in [4.78, 5) is 28.5. The highest BCUT2D eigenvalue weighted by atomic mass is 32.1. The molecule has 0 aliphatic heterocycles. The zero-order valence-corrected chi connectivity index (χ0v) is 19.2. The van der Waals surface area contributed by atoms with Crippen molar-refractivity contribution < 1.29 is 14.3 Å². The normalized spacial score (nSPS) is 14.6. The van der Waals surface area contributed by atoms with Crippen molar-refractivity contribution >= 4 is 39.1 Å². The molecule has 2 aromatic heterocycles.